The van der Waals surface area contributed by atoms with Gasteiger partial charge in [-0.25, -0.2) is 4.79 Å². The second-order valence-corrected chi connectivity index (χ2v) is 7.08. The predicted molar refractivity (Wildman–Crippen MR) is 99.6 cm³/mol. The number of hydrogen-bond donors (Lipinski definition) is 2. The molecule has 1 aliphatic carbocycles. The molecule has 2 N–H and O–H groups in total. The van der Waals surface area contributed by atoms with E-state index in [1.807, 2.05) is 12.1 Å². The SMILES string of the molecule is COC(=O)c1c(NC(=S)NCc2ccncc2)sc2c1CCCC2. The van der Waals surface area contributed by atoms with Gasteiger partial charge in [-0.15, -0.1) is 11.3 Å². The van der Waals surface area contributed by atoms with Crippen LogP contribution in [0.2, 0.25) is 0 Å². The molecule has 0 unspecified atom stereocenters. The molecule has 24 heavy (non-hydrogen) atoms. The second-order valence-electron chi connectivity index (χ2n) is 5.57. The molecule has 0 bridgehead atoms. The predicted octanol–water partition coefficient (Wildman–Crippen LogP) is 3.30. The summed E-state index contributed by atoms with van der Waals surface area (Å²) < 4.78 is 4.97. The minimum Gasteiger partial charge on any atom is -0.465 e. The van der Waals surface area contributed by atoms with Crippen LogP contribution >= 0.6 is 23.6 Å². The highest BCUT2D eigenvalue weighted by atomic mass is 32.1. The van der Waals surface area contributed by atoms with Crippen LogP contribution in [0.3, 0.4) is 0 Å². The molecule has 7 heteroatoms. The fourth-order valence-electron chi connectivity index (χ4n) is 2.80. The number of nitrogens with zero attached hydrogens (tertiary/aromatic N) is 1. The molecule has 0 fully saturated rings. The lowest BCUT2D eigenvalue weighted by Crippen LogP contribution is -2.28. The third-order valence-electron chi connectivity index (χ3n) is 3.99. The first-order chi connectivity index (χ1) is 11.7. The van der Waals surface area contributed by atoms with Crippen molar-refractivity contribution in [2.75, 3.05) is 12.4 Å². The number of pyridine rings is 1. The molecule has 0 saturated carbocycles. The monoisotopic (exact) mass is 361 g/mol. The molecule has 5 nitrogen and oxygen atoms in total. The van der Waals surface area contributed by atoms with Gasteiger partial charge in [0.25, 0.3) is 0 Å². The van der Waals surface area contributed by atoms with Gasteiger partial charge in [-0.1, -0.05) is 0 Å². The summed E-state index contributed by atoms with van der Waals surface area (Å²) in [7, 11) is 1.42. The number of anilines is 1. The number of nitrogens with one attached hydrogen (secondary N) is 2. The van der Waals surface area contributed by atoms with Gasteiger partial charge in [0.2, 0.25) is 0 Å². The van der Waals surface area contributed by atoms with Crippen LogP contribution in [-0.4, -0.2) is 23.2 Å². The van der Waals surface area contributed by atoms with E-state index in [1.54, 1.807) is 23.7 Å². The first-order valence-corrected chi connectivity index (χ1v) is 9.08. The van der Waals surface area contributed by atoms with Gasteiger partial charge in [0.1, 0.15) is 5.00 Å². The van der Waals surface area contributed by atoms with Crippen molar-refractivity contribution in [2.24, 2.45) is 0 Å². The Labute approximate surface area is 150 Å². The van der Waals surface area contributed by atoms with E-state index in [0.29, 0.717) is 17.2 Å². The zero-order valence-corrected chi connectivity index (χ0v) is 15.1. The van der Waals surface area contributed by atoms with E-state index in [-0.39, 0.29) is 5.97 Å². The van der Waals surface area contributed by atoms with Gasteiger partial charge in [-0.2, -0.15) is 0 Å². The number of rotatable bonds is 4. The molecule has 3 rings (SSSR count). The van der Waals surface area contributed by atoms with E-state index < -0.39 is 0 Å². The third kappa shape index (κ3) is 3.73. The van der Waals surface area contributed by atoms with E-state index in [9.17, 15) is 4.79 Å². The number of methoxy groups -OCH3 is 1. The second kappa shape index (κ2) is 7.72. The Balaban J connectivity index is 1.73. The lowest BCUT2D eigenvalue weighted by atomic mass is 9.95. The molecule has 1 aliphatic rings. The van der Waals surface area contributed by atoms with Crippen LogP contribution in [-0.2, 0) is 24.1 Å². The Kier molecular flexibility index (Phi) is 5.42. The first-order valence-electron chi connectivity index (χ1n) is 7.85. The van der Waals surface area contributed by atoms with E-state index in [1.165, 1.54) is 12.0 Å². The summed E-state index contributed by atoms with van der Waals surface area (Å²) in [6.45, 7) is 0.604. The van der Waals surface area contributed by atoms with Gasteiger partial charge in [-0.05, 0) is 61.2 Å². The van der Waals surface area contributed by atoms with Crippen molar-refractivity contribution in [1.29, 1.82) is 0 Å². The highest BCUT2D eigenvalue weighted by Gasteiger charge is 2.26. The van der Waals surface area contributed by atoms with E-state index in [2.05, 4.69) is 15.6 Å². The topological polar surface area (TPSA) is 63.2 Å². The molecule has 0 spiro atoms. The van der Waals surface area contributed by atoms with Crippen molar-refractivity contribution in [3.05, 3.63) is 46.1 Å². The third-order valence-corrected chi connectivity index (χ3v) is 5.44. The van der Waals surface area contributed by atoms with E-state index in [0.717, 1.165) is 41.8 Å². The summed E-state index contributed by atoms with van der Waals surface area (Å²) in [5.74, 6) is -0.297. The van der Waals surface area contributed by atoms with Crippen molar-refractivity contribution in [1.82, 2.24) is 10.3 Å². The summed E-state index contributed by atoms with van der Waals surface area (Å²) in [6, 6.07) is 3.86. The van der Waals surface area contributed by atoms with Crippen molar-refractivity contribution >= 4 is 39.6 Å². The molecule has 0 saturated heterocycles. The van der Waals surface area contributed by atoms with Crippen molar-refractivity contribution < 1.29 is 9.53 Å². The number of fused-ring (bicyclic) bond motifs is 1. The Morgan fingerprint density at radius 2 is 2.08 bits per heavy atom. The normalized spacial score (nSPS) is 13.0. The first kappa shape index (κ1) is 16.9. The lowest BCUT2D eigenvalue weighted by Gasteiger charge is -2.12. The average molecular weight is 361 g/mol. The van der Waals surface area contributed by atoms with Gasteiger partial charge >= 0.3 is 5.97 Å². The minimum absolute atomic E-state index is 0.297. The fourth-order valence-corrected chi connectivity index (χ4v) is 4.32. The van der Waals surface area contributed by atoms with Gasteiger partial charge in [0, 0.05) is 23.8 Å². The van der Waals surface area contributed by atoms with E-state index in [4.69, 9.17) is 17.0 Å². The number of aromatic nitrogens is 1. The zero-order valence-electron chi connectivity index (χ0n) is 13.4. The molecule has 0 radical (unpaired) electrons. The molecule has 2 aromatic heterocycles. The van der Waals surface area contributed by atoms with Gasteiger partial charge in [-0.3, -0.25) is 4.98 Å². The van der Waals surface area contributed by atoms with Crippen LogP contribution < -0.4 is 10.6 Å². The highest BCUT2D eigenvalue weighted by Crippen LogP contribution is 2.38. The minimum atomic E-state index is -0.297. The maximum Gasteiger partial charge on any atom is 0.341 e. The largest absolute Gasteiger partial charge is 0.465 e. The number of carbonyl (C=O) groups is 1. The number of ether oxygens (including phenoxy) is 1. The van der Waals surface area contributed by atoms with Gasteiger partial charge in [0.15, 0.2) is 5.11 Å². The van der Waals surface area contributed by atoms with Crippen LogP contribution in [0.4, 0.5) is 5.00 Å². The molecule has 0 aromatic carbocycles. The molecule has 0 atom stereocenters. The maximum atomic E-state index is 12.2. The molecular weight excluding hydrogens is 342 g/mol. The fraction of sp³-hybridized carbons (Fsp3) is 0.353. The van der Waals surface area contributed by atoms with Crippen molar-refractivity contribution in [3.63, 3.8) is 0 Å². The number of hydrogen-bond acceptors (Lipinski definition) is 5. The highest BCUT2D eigenvalue weighted by molar-refractivity contribution is 7.80. The molecule has 0 amide bonds. The van der Waals surface area contributed by atoms with Gasteiger partial charge in [0.05, 0.1) is 12.7 Å². The standard InChI is InChI=1S/C17H19N3O2S2/c1-22-16(21)14-12-4-2-3-5-13(12)24-15(14)20-17(23)19-10-11-6-8-18-9-7-11/h6-9H,2-5,10H2,1H3,(H2,19,20,23). The lowest BCUT2D eigenvalue weighted by molar-refractivity contribution is 0.0601. The molecule has 2 aromatic rings. The quantitative estimate of drug-likeness (QED) is 0.644. The summed E-state index contributed by atoms with van der Waals surface area (Å²) in [5.41, 5.74) is 2.86. The molecule has 2 heterocycles. The Morgan fingerprint density at radius 1 is 1.33 bits per heavy atom. The molecule has 0 aliphatic heterocycles. The average Bonchev–Trinajstić information content (AvgIpc) is 2.98. The summed E-state index contributed by atoms with van der Waals surface area (Å²) >= 11 is 6.98. The van der Waals surface area contributed by atoms with Crippen LogP contribution in [0, 0.1) is 0 Å². The molecule has 126 valence electrons. The van der Waals surface area contributed by atoms with Crippen LogP contribution in [0.1, 0.15) is 39.2 Å². The number of esters is 1. The van der Waals surface area contributed by atoms with Crippen molar-refractivity contribution in [2.45, 2.75) is 32.2 Å². The smallest absolute Gasteiger partial charge is 0.341 e. The van der Waals surface area contributed by atoms with Gasteiger partial charge < -0.3 is 15.4 Å². The Morgan fingerprint density at radius 3 is 2.83 bits per heavy atom. The Hall–Kier alpha value is -1.99. The summed E-state index contributed by atoms with van der Waals surface area (Å²) in [6.07, 6.45) is 7.71. The summed E-state index contributed by atoms with van der Waals surface area (Å²) in [5, 5.41) is 7.61. The van der Waals surface area contributed by atoms with Crippen molar-refractivity contribution in [3.8, 4) is 0 Å². The number of carbonyl (C=O) groups excluding carboxylic acids is 1. The Bertz CT molecular complexity index is 744. The van der Waals surface area contributed by atoms with Crippen LogP contribution in [0.5, 0.6) is 0 Å². The molecular formula is C17H19N3O2S2. The number of thiocarbonyl (C=S) groups is 1. The maximum absolute atomic E-state index is 12.2. The van der Waals surface area contributed by atoms with E-state index >= 15 is 0 Å². The number of aryl methyl sites for hydroxylation is 1. The van der Waals surface area contributed by atoms with Crippen LogP contribution in [0.15, 0.2) is 24.5 Å². The zero-order chi connectivity index (χ0) is 16.9. The number of thiophene rings is 1. The van der Waals surface area contributed by atoms with Crippen LogP contribution in [0.25, 0.3) is 0 Å². The summed E-state index contributed by atoms with van der Waals surface area (Å²) in [4.78, 5) is 17.5.